The molecule has 1 saturated heterocycles. The highest BCUT2D eigenvalue weighted by Gasteiger charge is 2.53. The van der Waals surface area contributed by atoms with Gasteiger partial charge in [-0.3, -0.25) is 14.0 Å². The molecule has 4 rings (SSSR count). The molecule has 0 unspecified atom stereocenters. The number of hydrogen-bond acceptors (Lipinski definition) is 8. The van der Waals surface area contributed by atoms with E-state index in [2.05, 4.69) is 15.3 Å². The van der Waals surface area contributed by atoms with Crippen LogP contribution in [0.4, 0.5) is 0 Å². The normalized spacial score (nSPS) is 15.2. The van der Waals surface area contributed by atoms with Gasteiger partial charge in [0, 0.05) is 64.4 Å². The Labute approximate surface area is 221 Å². The van der Waals surface area contributed by atoms with Gasteiger partial charge in [-0.2, -0.15) is 15.3 Å². The summed E-state index contributed by atoms with van der Waals surface area (Å²) in [5.74, 6) is 0. The van der Waals surface area contributed by atoms with Crippen molar-refractivity contribution in [1.82, 2.24) is 29.3 Å². The molecular formula is C25H45BN6O5. The van der Waals surface area contributed by atoms with E-state index < -0.39 is 7.12 Å². The summed E-state index contributed by atoms with van der Waals surface area (Å²) >= 11 is 0. The van der Waals surface area contributed by atoms with Crippen LogP contribution in [-0.4, -0.2) is 67.0 Å². The van der Waals surface area contributed by atoms with Gasteiger partial charge in [-0.25, -0.2) is 0 Å². The molecule has 37 heavy (non-hydrogen) atoms. The third-order valence-electron chi connectivity index (χ3n) is 5.85. The minimum atomic E-state index is -0.396. The standard InChI is InChI=1S/C12H21BN2O3.C6H10N2O.C5H8N2O.C2H6/c1-11(2)12(3,4)18-13(17-11)10-9(8-16-6)7-14-15(10)5;1-8-4-6(3-7-8)5-9-2;1-7-3-5(4-8)2-6-7;1-2/h7H,8H2,1-6H3;3-4H,5H2,1-2H3;2-3,8H,4H2,1H3;1-2H3. The summed E-state index contributed by atoms with van der Waals surface area (Å²) in [6.45, 7) is 13.4. The van der Waals surface area contributed by atoms with E-state index >= 15 is 0 Å². The lowest BCUT2D eigenvalue weighted by Gasteiger charge is -2.32. The van der Waals surface area contributed by atoms with Crippen LogP contribution in [0.3, 0.4) is 0 Å². The first-order chi connectivity index (χ1) is 17.4. The quantitative estimate of drug-likeness (QED) is 0.494. The van der Waals surface area contributed by atoms with Crippen molar-refractivity contribution < 1.29 is 23.9 Å². The zero-order valence-corrected chi connectivity index (χ0v) is 24.3. The Kier molecular flexibility index (Phi) is 13.2. The van der Waals surface area contributed by atoms with Gasteiger partial charge in [0.25, 0.3) is 0 Å². The van der Waals surface area contributed by atoms with Gasteiger partial charge in [0.2, 0.25) is 0 Å². The average molecular weight is 520 g/mol. The van der Waals surface area contributed by atoms with E-state index in [0.717, 1.165) is 22.3 Å². The highest BCUT2D eigenvalue weighted by Crippen LogP contribution is 2.36. The van der Waals surface area contributed by atoms with Crippen LogP contribution >= 0.6 is 0 Å². The van der Waals surface area contributed by atoms with E-state index in [9.17, 15) is 0 Å². The second-order valence-corrected chi connectivity index (χ2v) is 9.34. The van der Waals surface area contributed by atoms with E-state index in [1.54, 1.807) is 53.1 Å². The number of aryl methyl sites for hydroxylation is 3. The molecule has 1 fully saturated rings. The molecule has 208 valence electrons. The topological polar surface area (TPSA) is 111 Å². The zero-order valence-electron chi connectivity index (χ0n) is 24.3. The van der Waals surface area contributed by atoms with Crippen molar-refractivity contribution >= 4 is 12.7 Å². The van der Waals surface area contributed by atoms with Gasteiger partial charge in [-0.15, -0.1) is 0 Å². The molecule has 3 aromatic rings. The molecule has 0 radical (unpaired) electrons. The highest BCUT2D eigenvalue weighted by atomic mass is 16.7. The molecule has 0 bridgehead atoms. The van der Waals surface area contributed by atoms with Crippen LogP contribution in [0.1, 0.15) is 58.2 Å². The third kappa shape index (κ3) is 9.39. The molecule has 0 atom stereocenters. The summed E-state index contributed by atoms with van der Waals surface area (Å²) in [7, 11) is 8.54. The number of ether oxygens (including phenoxy) is 2. The van der Waals surface area contributed by atoms with E-state index in [0.29, 0.717) is 13.2 Å². The lowest BCUT2D eigenvalue weighted by atomic mass is 9.82. The highest BCUT2D eigenvalue weighted by molar-refractivity contribution is 6.61. The molecule has 12 heteroatoms. The monoisotopic (exact) mass is 520 g/mol. The third-order valence-corrected chi connectivity index (χ3v) is 5.85. The largest absolute Gasteiger partial charge is 0.514 e. The summed E-state index contributed by atoms with van der Waals surface area (Å²) in [5, 5.41) is 20.6. The van der Waals surface area contributed by atoms with Gasteiger partial charge in [0.1, 0.15) is 0 Å². The smallest absolute Gasteiger partial charge is 0.398 e. The Balaban J connectivity index is 0.000000301. The fraction of sp³-hybridized carbons (Fsp3) is 0.640. The molecule has 0 spiro atoms. The van der Waals surface area contributed by atoms with E-state index in [1.807, 2.05) is 68.9 Å². The van der Waals surface area contributed by atoms with Crippen molar-refractivity contribution in [3.63, 3.8) is 0 Å². The first kappa shape index (κ1) is 32.5. The fourth-order valence-corrected chi connectivity index (χ4v) is 3.28. The Bertz CT molecular complexity index is 1030. The maximum Gasteiger partial charge on any atom is 0.514 e. The molecule has 0 saturated carbocycles. The predicted molar refractivity (Wildman–Crippen MR) is 144 cm³/mol. The summed E-state index contributed by atoms with van der Waals surface area (Å²) in [6, 6.07) is 0. The maximum absolute atomic E-state index is 8.50. The van der Waals surface area contributed by atoms with Gasteiger partial charge < -0.3 is 23.9 Å². The van der Waals surface area contributed by atoms with E-state index in [4.69, 9.17) is 23.9 Å². The van der Waals surface area contributed by atoms with Crippen molar-refractivity contribution in [2.75, 3.05) is 14.2 Å². The van der Waals surface area contributed by atoms with Gasteiger partial charge in [-0.05, 0) is 27.7 Å². The first-order valence-corrected chi connectivity index (χ1v) is 12.3. The summed E-state index contributed by atoms with van der Waals surface area (Å²) < 4.78 is 27.3. The summed E-state index contributed by atoms with van der Waals surface area (Å²) in [6.07, 6.45) is 8.94. The van der Waals surface area contributed by atoms with Crippen molar-refractivity contribution in [1.29, 1.82) is 0 Å². The molecule has 1 aliphatic rings. The van der Waals surface area contributed by atoms with E-state index in [1.165, 1.54) is 0 Å². The Morgan fingerprint density at radius 1 is 0.811 bits per heavy atom. The molecule has 1 aliphatic heterocycles. The number of nitrogens with zero attached hydrogens (tertiary/aromatic N) is 6. The molecule has 11 nitrogen and oxygen atoms in total. The SMILES string of the molecule is CC.COCc1cnn(C)c1.COCc1cnn(C)c1B1OC(C)(C)C(C)(C)O1.Cn1cc(CO)cn1. The number of hydrogen-bond donors (Lipinski definition) is 1. The lowest BCUT2D eigenvalue weighted by molar-refractivity contribution is 0.00578. The maximum atomic E-state index is 8.50. The van der Waals surface area contributed by atoms with Gasteiger partial charge in [0.15, 0.2) is 0 Å². The van der Waals surface area contributed by atoms with Crippen molar-refractivity contribution in [2.24, 2.45) is 21.1 Å². The molecule has 0 aliphatic carbocycles. The van der Waals surface area contributed by atoms with Crippen molar-refractivity contribution in [3.8, 4) is 0 Å². The zero-order chi connectivity index (χ0) is 28.2. The van der Waals surface area contributed by atoms with Crippen LogP contribution in [0.2, 0.25) is 0 Å². The number of rotatable bonds is 6. The summed E-state index contributed by atoms with van der Waals surface area (Å²) in [5.41, 5.74) is 3.21. The van der Waals surface area contributed by atoms with Gasteiger partial charge >= 0.3 is 7.12 Å². The van der Waals surface area contributed by atoms with Crippen LogP contribution in [0.15, 0.2) is 31.0 Å². The number of aromatic nitrogens is 6. The minimum Gasteiger partial charge on any atom is -0.398 e. The van der Waals surface area contributed by atoms with Crippen LogP contribution in [0.25, 0.3) is 0 Å². The predicted octanol–water partition coefficient (Wildman–Crippen LogP) is 2.37. The molecule has 3 aromatic heterocycles. The number of aliphatic hydroxyl groups excluding tert-OH is 1. The van der Waals surface area contributed by atoms with Crippen LogP contribution < -0.4 is 5.59 Å². The van der Waals surface area contributed by atoms with Crippen LogP contribution in [0, 0.1) is 0 Å². The summed E-state index contributed by atoms with van der Waals surface area (Å²) in [4.78, 5) is 0. The molecule has 0 amide bonds. The molecule has 0 aromatic carbocycles. The average Bonchev–Trinajstić information content (AvgIpc) is 3.59. The van der Waals surface area contributed by atoms with Gasteiger partial charge in [0.05, 0.1) is 55.2 Å². The van der Waals surface area contributed by atoms with Crippen molar-refractivity contribution in [2.45, 2.75) is 72.6 Å². The van der Waals surface area contributed by atoms with Crippen molar-refractivity contribution in [3.05, 3.63) is 47.7 Å². The molecule has 4 heterocycles. The Morgan fingerprint density at radius 3 is 1.68 bits per heavy atom. The van der Waals surface area contributed by atoms with E-state index in [-0.39, 0.29) is 17.8 Å². The molecular weight excluding hydrogens is 475 g/mol. The fourth-order valence-electron chi connectivity index (χ4n) is 3.28. The van der Waals surface area contributed by atoms with Crippen LogP contribution in [-0.2, 0) is 59.7 Å². The minimum absolute atomic E-state index is 0.0772. The number of aliphatic hydroxyl groups is 1. The Hall–Kier alpha value is -2.51. The second kappa shape index (κ2) is 15.0. The van der Waals surface area contributed by atoms with Crippen LogP contribution in [0.5, 0.6) is 0 Å². The lowest BCUT2D eigenvalue weighted by Crippen LogP contribution is -2.41. The Morgan fingerprint density at radius 2 is 1.30 bits per heavy atom. The number of methoxy groups -OCH3 is 2. The first-order valence-electron chi connectivity index (χ1n) is 12.3. The second-order valence-electron chi connectivity index (χ2n) is 9.34. The molecule has 1 N–H and O–H groups in total. The van der Waals surface area contributed by atoms with Gasteiger partial charge in [-0.1, -0.05) is 13.8 Å².